The Labute approximate surface area is 180 Å². The fourth-order valence-electron chi connectivity index (χ4n) is 3.14. The van der Waals surface area contributed by atoms with Gasteiger partial charge >= 0.3 is 0 Å². The van der Waals surface area contributed by atoms with Gasteiger partial charge in [-0.1, -0.05) is 12.1 Å². The first-order valence-corrected chi connectivity index (χ1v) is 10.7. The van der Waals surface area contributed by atoms with Gasteiger partial charge in [0, 0.05) is 18.0 Å². The molecule has 2 N–H and O–H groups in total. The molecule has 0 aromatic heterocycles. The number of hydrogen-bond acceptors (Lipinski definition) is 6. The number of thioether (sulfide) groups is 1. The van der Waals surface area contributed by atoms with E-state index < -0.39 is 0 Å². The quantitative estimate of drug-likeness (QED) is 0.594. The molecule has 7 nitrogen and oxygen atoms in total. The molecule has 0 spiro atoms. The van der Waals surface area contributed by atoms with E-state index in [1.807, 2.05) is 12.1 Å². The Balaban J connectivity index is 1.56. The van der Waals surface area contributed by atoms with Gasteiger partial charge in [0.2, 0.25) is 5.91 Å². The van der Waals surface area contributed by atoms with E-state index in [0.717, 1.165) is 24.3 Å². The summed E-state index contributed by atoms with van der Waals surface area (Å²) in [5.74, 6) is 1.01. The highest BCUT2D eigenvalue weighted by Crippen LogP contribution is 2.31. The van der Waals surface area contributed by atoms with Gasteiger partial charge in [-0.15, -0.1) is 11.8 Å². The zero-order valence-corrected chi connectivity index (χ0v) is 17.9. The van der Waals surface area contributed by atoms with E-state index in [-0.39, 0.29) is 23.7 Å². The second-order valence-electron chi connectivity index (χ2n) is 6.74. The van der Waals surface area contributed by atoms with E-state index in [2.05, 4.69) is 10.6 Å². The van der Waals surface area contributed by atoms with Crippen LogP contribution in [0.2, 0.25) is 0 Å². The molecule has 0 radical (unpaired) electrons. The molecule has 0 bridgehead atoms. The number of carbonyl (C=O) groups is 2. The third kappa shape index (κ3) is 5.90. The van der Waals surface area contributed by atoms with Crippen LogP contribution in [0.3, 0.4) is 0 Å². The number of rotatable bonds is 9. The lowest BCUT2D eigenvalue weighted by Gasteiger charge is -2.14. The van der Waals surface area contributed by atoms with Gasteiger partial charge in [0.15, 0.2) is 11.5 Å². The van der Waals surface area contributed by atoms with Crippen molar-refractivity contribution in [2.24, 2.45) is 0 Å². The molecule has 2 aromatic carbocycles. The van der Waals surface area contributed by atoms with Crippen molar-refractivity contribution in [1.82, 2.24) is 5.32 Å². The van der Waals surface area contributed by atoms with Crippen molar-refractivity contribution in [3.05, 3.63) is 48.0 Å². The minimum atomic E-state index is -0.228. The van der Waals surface area contributed by atoms with E-state index in [1.54, 1.807) is 44.6 Å². The lowest BCUT2D eigenvalue weighted by atomic mass is 10.1. The molecule has 8 heteroatoms. The topological polar surface area (TPSA) is 85.9 Å². The third-order valence-electron chi connectivity index (χ3n) is 4.68. The summed E-state index contributed by atoms with van der Waals surface area (Å²) in [6, 6.07) is 12.5. The normalized spacial score (nSPS) is 15.5. The largest absolute Gasteiger partial charge is 0.493 e. The second kappa shape index (κ2) is 10.9. The average molecular weight is 431 g/mol. The standard InChI is InChI=1S/C22H26N2O5S/c1-27-19-10-9-16(12-20(19)28-2)30-14-21(25)24-18-8-4-3-7-17(18)22(26)23-13-15-6-5-11-29-15/h3-4,7-10,12,15H,5-6,11,13-14H2,1-2H3,(H,23,26)(H,24,25)/t15-/m0/s1. The molecule has 160 valence electrons. The Morgan fingerprint density at radius 2 is 1.93 bits per heavy atom. The van der Waals surface area contributed by atoms with Crippen LogP contribution in [0.25, 0.3) is 0 Å². The van der Waals surface area contributed by atoms with Crippen molar-refractivity contribution in [1.29, 1.82) is 0 Å². The highest BCUT2D eigenvalue weighted by molar-refractivity contribution is 8.00. The summed E-state index contributed by atoms with van der Waals surface area (Å²) in [4.78, 5) is 25.9. The van der Waals surface area contributed by atoms with Crippen LogP contribution in [-0.4, -0.2) is 51.0 Å². The number of ether oxygens (including phenoxy) is 3. The molecule has 1 aliphatic heterocycles. The van der Waals surface area contributed by atoms with Gasteiger partial charge in [-0.2, -0.15) is 0 Å². The van der Waals surface area contributed by atoms with Crippen LogP contribution < -0.4 is 20.1 Å². The summed E-state index contributed by atoms with van der Waals surface area (Å²) in [5.41, 5.74) is 0.917. The summed E-state index contributed by atoms with van der Waals surface area (Å²) in [6.07, 6.45) is 2.03. The number of para-hydroxylation sites is 1. The monoisotopic (exact) mass is 430 g/mol. The van der Waals surface area contributed by atoms with E-state index in [1.165, 1.54) is 11.8 Å². The highest BCUT2D eigenvalue weighted by atomic mass is 32.2. The number of carbonyl (C=O) groups excluding carboxylic acids is 2. The van der Waals surface area contributed by atoms with Gasteiger partial charge in [-0.05, 0) is 43.2 Å². The molecule has 0 aliphatic carbocycles. The van der Waals surface area contributed by atoms with Gasteiger partial charge in [0.1, 0.15) is 0 Å². The van der Waals surface area contributed by atoms with E-state index in [9.17, 15) is 9.59 Å². The highest BCUT2D eigenvalue weighted by Gasteiger charge is 2.18. The van der Waals surface area contributed by atoms with E-state index in [0.29, 0.717) is 29.3 Å². The van der Waals surface area contributed by atoms with Crippen LogP contribution in [0.4, 0.5) is 5.69 Å². The maximum atomic E-state index is 12.6. The molecule has 2 amide bonds. The van der Waals surface area contributed by atoms with Crippen LogP contribution in [0.1, 0.15) is 23.2 Å². The predicted octanol–water partition coefficient (Wildman–Crippen LogP) is 3.34. The first-order chi connectivity index (χ1) is 14.6. The van der Waals surface area contributed by atoms with Crippen LogP contribution in [0.15, 0.2) is 47.4 Å². The van der Waals surface area contributed by atoms with Crippen molar-refractivity contribution in [2.75, 3.05) is 38.4 Å². The molecule has 1 aliphatic rings. The zero-order valence-electron chi connectivity index (χ0n) is 17.1. The maximum Gasteiger partial charge on any atom is 0.253 e. The average Bonchev–Trinajstić information content (AvgIpc) is 3.30. The summed E-state index contributed by atoms with van der Waals surface area (Å²) >= 11 is 1.37. The molecule has 1 saturated heterocycles. The Kier molecular flexibility index (Phi) is 7.98. The Morgan fingerprint density at radius 3 is 2.67 bits per heavy atom. The fourth-order valence-corrected chi connectivity index (χ4v) is 3.86. The second-order valence-corrected chi connectivity index (χ2v) is 7.79. The van der Waals surface area contributed by atoms with Gasteiger partial charge in [-0.3, -0.25) is 9.59 Å². The molecule has 1 atom stereocenters. The van der Waals surface area contributed by atoms with Gasteiger partial charge in [0.05, 0.1) is 37.3 Å². The summed E-state index contributed by atoms with van der Waals surface area (Å²) < 4.78 is 16.0. The van der Waals surface area contributed by atoms with Crippen molar-refractivity contribution in [2.45, 2.75) is 23.8 Å². The summed E-state index contributed by atoms with van der Waals surface area (Å²) in [5, 5.41) is 5.72. The first-order valence-electron chi connectivity index (χ1n) is 9.74. The molecule has 30 heavy (non-hydrogen) atoms. The molecule has 0 unspecified atom stereocenters. The Bertz CT molecular complexity index is 884. The molecule has 0 saturated carbocycles. The summed E-state index contributed by atoms with van der Waals surface area (Å²) in [7, 11) is 3.15. The van der Waals surface area contributed by atoms with Crippen LogP contribution in [0, 0.1) is 0 Å². The lowest BCUT2D eigenvalue weighted by Crippen LogP contribution is -2.32. The first kappa shape index (κ1) is 22.0. The number of nitrogens with one attached hydrogen (secondary N) is 2. The minimum Gasteiger partial charge on any atom is -0.493 e. The number of hydrogen-bond donors (Lipinski definition) is 2. The van der Waals surface area contributed by atoms with Crippen LogP contribution >= 0.6 is 11.8 Å². The summed E-state index contributed by atoms with van der Waals surface area (Å²) in [6.45, 7) is 1.21. The van der Waals surface area contributed by atoms with Crippen molar-refractivity contribution in [3.8, 4) is 11.5 Å². The number of methoxy groups -OCH3 is 2. The number of benzene rings is 2. The molecular weight excluding hydrogens is 404 g/mol. The minimum absolute atomic E-state index is 0.0635. The maximum absolute atomic E-state index is 12.6. The van der Waals surface area contributed by atoms with Gasteiger partial charge in [-0.25, -0.2) is 0 Å². The Hall–Kier alpha value is -2.71. The zero-order chi connectivity index (χ0) is 21.3. The van der Waals surface area contributed by atoms with Gasteiger partial charge in [0.25, 0.3) is 5.91 Å². The van der Waals surface area contributed by atoms with Crippen molar-refractivity contribution in [3.63, 3.8) is 0 Å². The molecule has 1 heterocycles. The molecule has 2 aromatic rings. The molecule has 3 rings (SSSR count). The molecular formula is C22H26N2O5S. The van der Waals surface area contributed by atoms with Gasteiger partial charge < -0.3 is 24.8 Å². The molecule has 1 fully saturated rings. The fraction of sp³-hybridized carbons (Fsp3) is 0.364. The number of amides is 2. The number of anilines is 1. The predicted molar refractivity (Wildman–Crippen MR) is 117 cm³/mol. The van der Waals surface area contributed by atoms with Crippen LogP contribution in [0.5, 0.6) is 11.5 Å². The van der Waals surface area contributed by atoms with E-state index in [4.69, 9.17) is 14.2 Å². The SMILES string of the molecule is COc1ccc(SCC(=O)Nc2ccccc2C(=O)NC[C@@H]2CCCO2)cc1OC. The lowest BCUT2D eigenvalue weighted by molar-refractivity contribution is -0.113. The van der Waals surface area contributed by atoms with Crippen molar-refractivity contribution < 1.29 is 23.8 Å². The Morgan fingerprint density at radius 1 is 1.13 bits per heavy atom. The van der Waals surface area contributed by atoms with E-state index >= 15 is 0 Å². The van der Waals surface area contributed by atoms with Crippen molar-refractivity contribution >= 4 is 29.3 Å². The van der Waals surface area contributed by atoms with Crippen LogP contribution in [-0.2, 0) is 9.53 Å². The third-order valence-corrected chi connectivity index (χ3v) is 5.68. The smallest absolute Gasteiger partial charge is 0.253 e.